The molecule has 154 valence electrons. The Balaban J connectivity index is 0.00000150. The predicted octanol–water partition coefficient (Wildman–Crippen LogP) is 2.86. The number of aromatic nitrogens is 3. The Morgan fingerprint density at radius 1 is 1.10 bits per heavy atom. The van der Waals surface area contributed by atoms with Crippen molar-refractivity contribution >= 4 is 30.7 Å². The first-order valence-electron chi connectivity index (χ1n) is 9.02. The fourth-order valence-corrected chi connectivity index (χ4v) is 3.43. The van der Waals surface area contributed by atoms with E-state index in [0.717, 1.165) is 5.56 Å². The second kappa shape index (κ2) is 10.3. The first-order chi connectivity index (χ1) is 13.2. The van der Waals surface area contributed by atoms with E-state index in [-0.39, 0.29) is 42.7 Å². The summed E-state index contributed by atoms with van der Waals surface area (Å²) in [7, 11) is 0. The van der Waals surface area contributed by atoms with Gasteiger partial charge in [-0.3, -0.25) is 9.78 Å². The van der Waals surface area contributed by atoms with Gasteiger partial charge in [0.25, 0.3) is 0 Å². The van der Waals surface area contributed by atoms with Crippen LogP contribution in [0.15, 0.2) is 59.4 Å². The number of aryl methyl sites for hydroxylation is 1. The molecule has 0 spiro atoms. The summed E-state index contributed by atoms with van der Waals surface area (Å²) in [6, 6.07) is 13.7. The first-order valence-corrected chi connectivity index (χ1v) is 9.02. The summed E-state index contributed by atoms with van der Waals surface area (Å²) in [5.74, 6) is 1.20. The molecule has 0 aliphatic carbocycles. The van der Waals surface area contributed by atoms with Crippen LogP contribution in [0.2, 0.25) is 0 Å². The van der Waals surface area contributed by atoms with Gasteiger partial charge in [0.2, 0.25) is 17.6 Å². The van der Waals surface area contributed by atoms with Crippen LogP contribution in [-0.4, -0.2) is 45.1 Å². The number of carbonyl (C=O) groups is 1. The maximum absolute atomic E-state index is 12.6. The Morgan fingerprint density at radius 2 is 1.83 bits per heavy atom. The molecule has 4 rings (SSSR count). The number of carbonyl (C=O) groups excluding carboxylic acids is 1. The van der Waals surface area contributed by atoms with Gasteiger partial charge in [-0.15, -0.1) is 24.8 Å². The van der Waals surface area contributed by atoms with Crippen LogP contribution < -0.4 is 5.73 Å². The zero-order chi connectivity index (χ0) is 18.6. The van der Waals surface area contributed by atoms with Crippen LogP contribution in [0.1, 0.15) is 23.8 Å². The van der Waals surface area contributed by atoms with E-state index in [4.69, 9.17) is 10.3 Å². The summed E-state index contributed by atoms with van der Waals surface area (Å²) in [5.41, 5.74) is 8.29. The number of pyridine rings is 1. The Bertz CT molecular complexity index is 908. The monoisotopic (exact) mass is 435 g/mol. The quantitative estimate of drug-likeness (QED) is 0.661. The average molecular weight is 436 g/mol. The number of hydrogen-bond donors (Lipinski definition) is 1. The number of amides is 1. The van der Waals surface area contributed by atoms with Crippen LogP contribution in [0, 0.1) is 0 Å². The van der Waals surface area contributed by atoms with Gasteiger partial charge >= 0.3 is 0 Å². The van der Waals surface area contributed by atoms with Crippen LogP contribution in [0.25, 0.3) is 11.4 Å². The molecule has 0 saturated carbocycles. The summed E-state index contributed by atoms with van der Waals surface area (Å²) in [6.07, 6.45) is 4.09. The molecule has 1 fully saturated rings. The predicted molar refractivity (Wildman–Crippen MR) is 114 cm³/mol. The number of nitrogens with two attached hydrogens (primary N) is 1. The molecule has 3 aromatic rings. The molecule has 2 atom stereocenters. The van der Waals surface area contributed by atoms with Gasteiger partial charge in [-0.25, -0.2) is 0 Å². The molecule has 1 aliphatic rings. The van der Waals surface area contributed by atoms with Crippen LogP contribution in [0.3, 0.4) is 0 Å². The minimum atomic E-state index is -0.0435. The summed E-state index contributed by atoms with van der Waals surface area (Å²) in [6.45, 7) is 1.22. The topological polar surface area (TPSA) is 98.1 Å². The van der Waals surface area contributed by atoms with Crippen molar-refractivity contribution in [3.8, 4) is 11.4 Å². The highest BCUT2D eigenvalue weighted by molar-refractivity contribution is 5.85. The molecule has 0 radical (unpaired) electrons. The van der Waals surface area contributed by atoms with E-state index in [2.05, 4.69) is 27.3 Å². The summed E-state index contributed by atoms with van der Waals surface area (Å²) in [4.78, 5) is 22.8. The second-order valence-corrected chi connectivity index (χ2v) is 6.73. The van der Waals surface area contributed by atoms with E-state index in [0.29, 0.717) is 37.6 Å². The third-order valence-corrected chi connectivity index (χ3v) is 4.90. The number of halogens is 2. The maximum Gasteiger partial charge on any atom is 0.227 e. The normalized spacial score (nSPS) is 18.0. The molecule has 2 aromatic heterocycles. The molecule has 0 bridgehead atoms. The fraction of sp³-hybridized carbons (Fsp3) is 0.300. The van der Waals surface area contributed by atoms with Crippen LogP contribution >= 0.6 is 24.8 Å². The molecule has 1 aliphatic heterocycles. The van der Waals surface area contributed by atoms with Crippen LogP contribution in [-0.2, 0) is 11.2 Å². The number of rotatable bonds is 5. The lowest BCUT2D eigenvalue weighted by Crippen LogP contribution is -2.32. The first kappa shape index (κ1) is 22.8. The van der Waals surface area contributed by atoms with Gasteiger partial charge in [-0.1, -0.05) is 35.5 Å². The smallest absolute Gasteiger partial charge is 0.227 e. The zero-order valence-corrected chi connectivity index (χ0v) is 17.3. The van der Waals surface area contributed by atoms with E-state index < -0.39 is 0 Å². The van der Waals surface area contributed by atoms with Gasteiger partial charge in [0.05, 0.1) is 0 Å². The third-order valence-electron chi connectivity index (χ3n) is 4.90. The van der Waals surface area contributed by atoms with E-state index >= 15 is 0 Å². The molecule has 29 heavy (non-hydrogen) atoms. The van der Waals surface area contributed by atoms with Crippen LogP contribution in [0.5, 0.6) is 0 Å². The second-order valence-electron chi connectivity index (χ2n) is 6.73. The molecule has 7 nitrogen and oxygen atoms in total. The van der Waals surface area contributed by atoms with Crippen molar-refractivity contribution in [3.05, 3.63) is 66.3 Å². The standard InChI is InChI=1S/C20H21N5O2.2ClH/c21-17-13-25(12-16(17)14-4-2-1-3-5-14)19(26)7-6-18-23-20(24-27-18)15-8-10-22-11-9-15;;/h1-5,8-11,16-17H,6-7,12-13,21H2;2*1H/t16-,17+;;/m0../s1. The van der Waals surface area contributed by atoms with Gasteiger partial charge < -0.3 is 15.2 Å². The highest BCUT2D eigenvalue weighted by Crippen LogP contribution is 2.27. The summed E-state index contributed by atoms with van der Waals surface area (Å²) >= 11 is 0. The van der Waals surface area contributed by atoms with Crippen molar-refractivity contribution in [1.29, 1.82) is 0 Å². The lowest BCUT2D eigenvalue weighted by atomic mass is 9.95. The molecule has 9 heteroatoms. The van der Waals surface area contributed by atoms with Crippen molar-refractivity contribution in [2.45, 2.75) is 24.8 Å². The van der Waals surface area contributed by atoms with Crippen molar-refractivity contribution in [2.75, 3.05) is 13.1 Å². The van der Waals surface area contributed by atoms with Gasteiger partial charge in [0.1, 0.15) is 0 Å². The van der Waals surface area contributed by atoms with Gasteiger partial charge in [-0.05, 0) is 17.7 Å². The Hall–Kier alpha value is -2.48. The van der Waals surface area contributed by atoms with Gasteiger partial charge in [-0.2, -0.15) is 4.98 Å². The van der Waals surface area contributed by atoms with E-state index in [1.807, 2.05) is 35.2 Å². The molecule has 2 N–H and O–H groups in total. The van der Waals surface area contributed by atoms with Crippen molar-refractivity contribution in [2.24, 2.45) is 5.73 Å². The third kappa shape index (κ3) is 5.32. The summed E-state index contributed by atoms with van der Waals surface area (Å²) < 4.78 is 5.27. The highest BCUT2D eigenvalue weighted by atomic mass is 35.5. The van der Waals surface area contributed by atoms with Crippen molar-refractivity contribution < 1.29 is 9.32 Å². The molecule has 0 unspecified atom stereocenters. The minimum Gasteiger partial charge on any atom is -0.340 e. The highest BCUT2D eigenvalue weighted by Gasteiger charge is 2.33. The SMILES string of the molecule is Cl.Cl.N[C@@H]1CN(C(=O)CCc2nc(-c3ccncc3)no2)C[C@H]1c1ccccc1. The minimum absolute atomic E-state index is 0. The van der Waals surface area contributed by atoms with Gasteiger partial charge in [0, 0.05) is 55.8 Å². The largest absolute Gasteiger partial charge is 0.340 e. The van der Waals surface area contributed by atoms with E-state index in [9.17, 15) is 4.79 Å². The zero-order valence-electron chi connectivity index (χ0n) is 15.7. The Morgan fingerprint density at radius 3 is 2.55 bits per heavy atom. The lowest BCUT2D eigenvalue weighted by Gasteiger charge is -2.16. The van der Waals surface area contributed by atoms with Crippen molar-refractivity contribution in [1.82, 2.24) is 20.0 Å². The Labute approximate surface area is 181 Å². The maximum atomic E-state index is 12.6. The van der Waals surface area contributed by atoms with E-state index in [1.54, 1.807) is 12.4 Å². The molecule has 1 aromatic carbocycles. The van der Waals surface area contributed by atoms with Crippen LogP contribution in [0.4, 0.5) is 0 Å². The molecule has 1 amide bonds. The molecular weight excluding hydrogens is 413 g/mol. The summed E-state index contributed by atoms with van der Waals surface area (Å²) in [5, 5.41) is 3.97. The van der Waals surface area contributed by atoms with Crippen molar-refractivity contribution in [3.63, 3.8) is 0 Å². The fourth-order valence-electron chi connectivity index (χ4n) is 3.43. The number of benzene rings is 1. The van der Waals surface area contributed by atoms with E-state index in [1.165, 1.54) is 5.56 Å². The molecule has 3 heterocycles. The molecular formula is C20H23Cl2N5O2. The number of nitrogens with zero attached hydrogens (tertiary/aromatic N) is 4. The Kier molecular flexibility index (Phi) is 8.13. The number of likely N-dealkylation sites (tertiary alicyclic amines) is 1. The lowest BCUT2D eigenvalue weighted by molar-refractivity contribution is -0.130. The molecule has 1 saturated heterocycles. The average Bonchev–Trinajstić information content (AvgIpc) is 3.34. The van der Waals surface area contributed by atoms with Gasteiger partial charge in [0.15, 0.2) is 0 Å². The number of hydrogen-bond acceptors (Lipinski definition) is 6.